The molecule has 1 saturated heterocycles. The number of carbonyl (C=O) groups is 1. The van der Waals surface area contributed by atoms with Crippen LogP contribution in [0.5, 0.6) is 5.75 Å². The van der Waals surface area contributed by atoms with Gasteiger partial charge in [0.15, 0.2) is 5.50 Å². The third-order valence-electron chi connectivity index (χ3n) is 3.77. The van der Waals surface area contributed by atoms with Gasteiger partial charge < -0.3 is 10.1 Å². The summed E-state index contributed by atoms with van der Waals surface area (Å²) in [5.74, 6) is 0.794. The molecule has 2 aliphatic rings. The molecule has 2 heterocycles. The molecule has 0 spiro atoms. The van der Waals surface area contributed by atoms with Crippen molar-refractivity contribution in [3.05, 3.63) is 59.0 Å². The van der Waals surface area contributed by atoms with Crippen molar-refractivity contribution in [3.8, 4) is 5.75 Å². The fourth-order valence-electron chi connectivity index (χ4n) is 2.74. The van der Waals surface area contributed by atoms with Crippen LogP contribution >= 0.6 is 11.8 Å². The molecule has 1 unspecified atom stereocenters. The molecule has 2 aliphatic heterocycles. The number of benzene rings is 2. The maximum absolute atomic E-state index is 12.7. The van der Waals surface area contributed by atoms with Gasteiger partial charge >= 0.3 is 0 Å². The normalized spacial score (nSPS) is 20.8. The summed E-state index contributed by atoms with van der Waals surface area (Å²) in [6, 6.07) is 15.6. The molecule has 1 N–H and O–H groups in total. The number of nitrogens with zero attached hydrogens (tertiary/aromatic N) is 1. The first kappa shape index (κ1) is 13.3. The van der Waals surface area contributed by atoms with Gasteiger partial charge in [-0.2, -0.15) is 0 Å². The maximum Gasteiger partial charge on any atom is 0.267 e. The second-order valence-electron chi connectivity index (χ2n) is 5.06. The number of amides is 1. The summed E-state index contributed by atoms with van der Waals surface area (Å²) in [6.45, 7) is 0. The second-order valence-corrected chi connectivity index (χ2v) is 6.18. The van der Waals surface area contributed by atoms with Crippen LogP contribution in [-0.4, -0.2) is 18.5 Å². The first-order chi connectivity index (χ1) is 10.8. The summed E-state index contributed by atoms with van der Waals surface area (Å²) in [5, 5.41) is 3.37. The van der Waals surface area contributed by atoms with E-state index < -0.39 is 0 Å². The fraction of sp³-hybridized carbons (Fsp3) is 0.118. The zero-order valence-corrected chi connectivity index (χ0v) is 12.8. The number of carbonyl (C=O) groups excluding carboxylic acids is 1. The number of rotatable bonds is 2. The van der Waals surface area contributed by atoms with E-state index in [0.717, 1.165) is 27.6 Å². The highest BCUT2D eigenvalue weighted by Gasteiger charge is 2.42. The lowest BCUT2D eigenvalue weighted by atomic mass is 10.2. The Hall–Kier alpha value is -2.40. The molecule has 1 atom stereocenters. The maximum atomic E-state index is 12.7. The molecule has 0 saturated carbocycles. The molecule has 5 heteroatoms. The predicted molar refractivity (Wildman–Crippen MR) is 89.9 cm³/mol. The van der Waals surface area contributed by atoms with E-state index in [9.17, 15) is 4.79 Å². The van der Waals surface area contributed by atoms with Crippen molar-refractivity contribution in [2.45, 2.75) is 5.50 Å². The molecule has 0 aliphatic carbocycles. The summed E-state index contributed by atoms with van der Waals surface area (Å²) in [4.78, 5) is 15.2. The van der Waals surface area contributed by atoms with Crippen LogP contribution in [0, 0.1) is 0 Å². The van der Waals surface area contributed by atoms with Gasteiger partial charge in [0.05, 0.1) is 23.4 Å². The predicted octanol–water partition coefficient (Wildman–Crippen LogP) is 3.53. The highest BCUT2D eigenvalue weighted by molar-refractivity contribution is 8.05. The average Bonchev–Trinajstić information content (AvgIpc) is 3.05. The zero-order chi connectivity index (χ0) is 15.1. The molecule has 0 radical (unpaired) electrons. The van der Waals surface area contributed by atoms with Crippen LogP contribution in [0.4, 0.5) is 11.4 Å². The van der Waals surface area contributed by atoms with Gasteiger partial charge in [0.2, 0.25) is 0 Å². The number of methoxy groups -OCH3 is 1. The Kier molecular flexibility index (Phi) is 3.08. The number of ether oxygens (including phenoxy) is 1. The number of hydrogen-bond donors (Lipinski definition) is 1. The van der Waals surface area contributed by atoms with Crippen LogP contribution in [0.3, 0.4) is 0 Å². The standard InChI is InChI=1S/C17H14N2O2S/c1-21-14-9-5-2-6-11(14)10-15-16(20)19-13-8-4-3-7-12(13)18-17(19)22-15/h2-10,17-18H,1H3/b15-10-. The van der Waals surface area contributed by atoms with Crippen LogP contribution in [0.1, 0.15) is 5.56 Å². The Morgan fingerprint density at radius 1 is 1.18 bits per heavy atom. The van der Waals surface area contributed by atoms with Gasteiger partial charge in [-0.05, 0) is 24.3 Å². The Morgan fingerprint density at radius 2 is 1.95 bits per heavy atom. The lowest BCUT2D eigenvalue weighted by Gasteiger charge is -2.12. The molecule has 22 heavy (non-hydrogen) atoms. The van der Waals surface area contributed by atoms with Gasteiger partial charge in [0.1, 0.15) is 5.75 Å². The highest BCUT2D eigenvalue weighted by atomic mass is 32.2. The van der Waals surface area contributed by atoms with E-state index in [2.05, 4.69) is 5.32 Å². The highest BCUT2D eigenvalue weighted by Crippen LogP contribution is 2.47. The van der Waals surface area contributed by atoms with E-state index in [-0.39, 0.29) is 11.4 Å². The van der Waals surface area contributed by atoms with Crippen LogP contribution in [0.25, 0.3) is 6.08 Å². The van der Waals surface area contributed by atoms with E-state index >= 15 is 0 Å². The molecular formula is C17H14N2O2S. The van der Waals surface area contributed by atoms with Crippen molar-refractivity contribution in [2.75, 3.05) is 17.3 Å². The number of thioether (sulfide) groups is 1. The van der Waals surface area contributed by atoms with E-state index in [4.69, 9.17) is 4.74 Å². The van der Waals surface area contributed by atoms with Gasteiger partial charge in [-0.1, -0.05) is 42.1 Å². The minimum Gasteiger partial charge on any atom is -0.496 e. The number of anilines is 2. The average molecular weight is 310 g/mol. The summed E-state index contributed by atoms with van der Waals surface area (Å²) in [5.41, 5.74) is 2.79. The third kappa shape index (κ3) is 1.97. The third-order valence-corrected chi connectivity index (χ3v) is 4.87. The molecular weight excluding hydrogens is 296 g/mol. The Balaban J connectivity index is 1.70. The number of para-hydroxylation sites is 3. The Morgan fingerprint density at radius 3 is 2.82 bits per heavy atom. The first-order valence-electron chi connectivity index (χ1n) is 6.98. The molecule has 1 amide bonds. The molecule has 4 rings (SSSR count). The summed E-state index contributed by atoms with van der Waals surface area (Å²) >= 11 is 1.53. The first-order valence-corrected chi connectivity index (χ1v) is 7.86. The summed E-state index contributed by atoms with van der Waals surface area (Å²) in [6.07, 6.45) is 1.90. The lowest BCUT2D eigenvalue weighted by Crippen LogP contribution is -2.31. The fourth-order valence-corrected chi connectivity index (χ4v) is 3.88. The topological polar surface area (TPSA) is 41.6 Å². The quantitative estimate of drug-likeness (QED) is 0.862. The van der Waals surface area contributed by atoms with Crippen LogP contribution in [-0.2, 0) is 4.79 Å². The van der Waals surface area contributed by atoms with Gasteiger partial charge in [0, 0.05) is 5.56 Å². The second kappa shape index (κ2) is 5.10. The molecule has 0 aromatic heterocycles. The molecule has 110 valence electrons. The van der Waals surface area contributed by atoms with Gasteiger partial charge in [-0.15, -0.1) is 0 Å². The summed E-state index contributed by atoms with van der Waals surface area (Å²) in [7, 11) is 1.64. The van der Waals surface area contributed by atoms with Crippen LogP contribution in [0.2, 0.25) is 0 Å². The van der Waals surface area contributed by atoms with Crippen molar-refractivity contribution < 1.29 is 9.53 Å². The lowest BCUT2D eigenvalue weighted by molar-refractivity contribution is -0.114. The van der Waals surface area contributed by atoms with Gasteiger partial charge in [-0.3, -0.25) is 9.69 Å². The van der Waals surface area contributed by atoms with Crippen molar-refractivity contribution in [2.24, 2.45) is 0 Å². The largest absolute Gasteiger partial charge is 0.496 e. The molecule has 1 fully saturated rings. The molecule has 2 aromatic rings. The van der Waals surface area contributed by atoms with Crippen molar-refractivity contribution in [3.63, 3.8) is 0 Å². The Bertz CT molecular complexity index is 788. The van der Waals surface area contributed by atoms with E-state index in [1.807, 2.05) is 54.6 Å². The minimum absolute atomic E-state index is 0.0263. The summed E-state index contributed by atoms with van der Waals surface area (Å²) < 4.78 is 5.35. The van der Waals surface area contributed by atoms with Crippen molar-refractivity contribution >= 4 is 35.1 Å². The minimum atomic E-state index is -0.0640. The SMILES string of the molecule is COc1ccccc1/C=C1\SC2Nc3ccccc3N2C1=O. The van der Waals surface area contributed by atoms with Crippen molar-refractivity contribution in [1.82, 2.24) is 0 Å². The Labute approximate surface area is 132 Å². The van der Waals surface area contributed by atoms with E-state index in [1.54, 1.807) is 12.0 Å². The van der Waals surface area contributed by atoms with E-state index in [1.165, 1.54) is 11.8 Å². The number of fused-ring (bicyclic) bond motifs is 3. The van der Waals surface area contributed by atoms with Crippen LogP contribution in [0.15, 0.2) is 53.4 Å². The smallest absolute Gasteiger partial charge is 0.267 e. The van der Waals surface area contributed by atoms with Gasteiger partial charge in [-0.25, -0.2) is 0 Å². The van der Waals surface area contributed by atoms with E-state index in [0.29, 0.717) is 0 Å². The number of hydrogen-bond acceptors (Lipinski definition) is 4. The van der Waals surface area contributed by atoms with Crippen LogP contribution < -0.4 is 15.0 Å². The number of nitrogens with one attached hydrogen (secondary N) is 1. The molecule has 0 bridgehead atoms. The monoisotopic (exact) mass is 310 g/mol. The molecule has 2 aromatic carbocycles. The molecule has 4 nitrogen and oxygen atoms in total. The van der Waals surface area contributed by atoms with Gasteiger partial charge in [0.25, 0.3) is 5.91 Å². The van der Waals surface area contributed by atoms with Crippen molar-refractivity contribution in [1.29, 1.82) is 0 Å². The zero-order valence-electron chi connectivity index (χ0n) is 11.9.